The Bertz CT molecular complexity index is 1370. The number of carbonyl (C=O) groups is 1. The average molecular weight is 498 g/mol. The molecule has 2 atom stereocenters. The molecule has 36 heavy (non-hydrogen) atoms. The van der Waals surface area contributed by atoms with Crippen molar-refractivity contribution in [3.63, 3.8) is 0 Å². The monoisotopic (exact) mass is 497 g/mol. The van der Waals surface area contributed by atoms with E-state index in [4.69, 9.17) is 4.74 Å². The summed E-state index contributed by atoms with van der Waals surface area (Å²) in [5, 5.41) is 11.2. The molecule has 0 saturated carbocycles. The van der Waals surface area contributed by atoms with Crippen molar-refractivity contribution in [2.24, 2.45) is 0 Å². The highest BCUT2D eigenvalue weighted by atomic mass is 19.1. The number of hydrogen-bond donors (Lipinski definition) is 2. The summed E-state index contributed by atoms with van der Waals surface area (Å²) in [7, 11) is 0. The van der Waals surface area contributed by atoms with Crippen LogP contribution >= 0.6 is 0 Å². The van der Waals surface area contributed by atoms with Gasteiger partial charge in [0.1, 0.15) is 0 Å². The Hall–Kier alpha value is -3.57. The summed E-state index contributed by atoms with van der Waals surface area (Å²) in [5.41, 5.74) is -2.35. The number of H-pyrrole nitrogens is 1. The van der Waals surface area contributed by atoms with Crippen LogP contribution < -0.4 is 11.2 Å². The number of nitrogens with zero attached hydrogens (tertiary/aromatic N) is 4. The number of piperidine rings is 1. The maximum Gasteiger partial charge on any atom is 0.328 e. The predicted molar refractivity (Wildman–Crippen MR) is 127 cm³/mol. The number of aromatic amines is 1. The molecule has 0 aliphatic carbocycles. The molecule has 11 heteroatoms. The summed E-state index contributed by atoms with van der Waals surface area (Å²) in [6, 6.07) is 6.67. The number of rotatable bonds is 4. The molecule has 0 bridgehead atoms. The highest BCUT2D eigenvalue weighted by molar-refractivity contribution is 5.94. The van der Waals surface area contributed by atoms with E-state index < -0.39 is 34.3 Å². The Morgan fingerprint density at radius 1 is 1.31 bits per heavy atom. The van der Waals surface area contributed by atoms with Gasteiger partial charge in [-0.2, -0.15) is 4.39 Å². The number of likely N-dealkylation sites (tertiary alicyclic amines) is 1. The van der Waals surface area contributed by atoms with Crippen molar-refractivity contribution in [2.45, 2.75) is 50.0 Å². The summed E-state index contributed by atoms with van der Waals surface area (Å²) in [6.45, 7) is 3.09. The number of hydrogen-bond acceptors (Lipinski definition) is 6. The topological polar surface area (TPSA) is 122 Å². The van der Waals surface area contributed by atoms with Crippen LogP contribution in [0.4, 0.5) is 4.39 Å². The lowest BCUT2D eigenvalue weighted by Gasteiger charge is -2.51. The smallest absolute Gasteiger partial charge is 0.328 e. The number of imidazole rings is 1. The standard InChI is InChI=1S/C25H28FN5O5/c1-24(35)15-25(36-14-20(24)31-13-19(26)21(32)28-23(31)34)5-8-30(9-6-25)22(33)18-4-2-3-17(11-18)12-29-10-7-27-16-29/h2-4,7,10-11,13,16,20,35H,5-6,8-9,12,14-15H2,1H3,(H,28,32,34)/t20-,24-/m0/s1. The zero-order chi connectivity index (χ0) is 25.5. The van der Waals surface area contributed by atoms with E-state index in [-0.39, 0.29) is 18.9 Å². The predicted octanol–water partition coefficient (Wildman–Crippen LogP) is 1.31. The summed E-state index contributed by atoms with van der Waals surface area (Å²) in [6.07, 6.45) is 7.36. The Labute approximate surface area is 206 Å². The highest BCUT2D eigenvalue weighted by Crippen LogP contribution is 2.43. The molecule has 10 nitrogen and oxygen atoms in total. The Kier molecular flexibility index (Phi) is 6.13. The zero-order valence-corrected chi connectivity index (χ0v) is 19.9. The molecule has 2 aromatic heterocycles. The molecular formula is C25H28FN5O5. The number of aliphatic hydroxyl groups is 1. The minimum absolute atomic E-state index is 0.0252. The molecule has 0 radical (unpaired) electrons. The first-order valence-corrected chi connectivity index (χ1v) is 11.9. The van der Waals surface area contributed by atoms with Gasteiger partial charge < -0.3 is 19.3 Å². The number of nitrogens with one attached hydrogen (secondary N) is 1. The van der Waals surface area contributed by atoms with Crippen LogP contribution in [0.15, 0.2) is 58.8 Å². The minimum atomic E-state index is -1.39. The lowest BCUT2D eigenvalue weighted by atomic mass is 9.75. The molecule has 2 N–H and O–H groups in total. The van der Waals surface area contributed by atoms with Gasteiger partial charge in [-0.25, -0.2) is 9.78 Å². The molecule has 2 aliphatic heterocycles. The zero-order valence-electron chi connectivity index (χ0n) is 19.9. The van der Waals surface area contributed by atoms with Gasteiger partial charge in [-0.3, -0.25) is 19.1 Å². The second-order valence-corrected chi connectivity index (χ2v) is 9.91. The fourth-order valence-electron chi connectivity index (χ4n) is 5.34. The third kappa shape index (κ3) is 4.63. The highest BCUT2D eigenvalue weighted by Gasteiger charge is 2.50. The Morgan fingerprint density at radius 2 is 2.08 bits per heavy atom. The average Bonchev–Trinajstić information content (AvgIpc) is 3.35. The summed E-state index contributed by atoms with van der Waals surface area (Å²) >= 11 is 0. The first-order chi connectivity index (χ1) is 17.2. The normalized spacial score (nSPS) is 23.6. The largest absolute Gasteiger partial charge is 0.388 e. The van der Waals surface area contributed by atoms with Gasteiger partial charge in [0.2, 0.25) is 5.82 Å². The van der Waals surface area contributed by atoms with Crippen molar-refractivity contribution in [3.8, 4) is 0 Å². The molecule has 2 saturated heterocycles. The fraction of sp³-hybridized carbons (Fsp3) is 0.440. The van der Waals surface area contributed by atoms with Gasteiger partial charge in [0.25, 0.3) is 11.5 Å². The van der Waals surface area contributed by atoms with Gasteiger partial charge in [0, 0.05) is 44.0 Å². The number of carbonyl (C=O) groups excluding carboxylic acids is 1. The van der Waals surface area contributed by atoms with Gasteiger partial charge in [-0.15, -0.1) is 0 Å². The summed E-state index contributed by atoms with van der Waals surface area (Å²) in [4.78, 5) is 44.6. The van der Waals surface area contributed by atoms with Crippen LogP contribution in [0.1, 0.15) is 48.1 Å². The molecule has 2 fully saturated rings. The number of halogens is 1. The SMILES string of the molecule is C[C@]1(O)CC2(CCN(C(=O)c3cccc(Cn4ccnc4)c3)CC2)OC[C@@H]1n1cc(F)c(=O)[nH]c1=O. The molecule has 1 spiro atoms. The van der Waals surface area contributed by atoms with Gasteiger partial charge >= 0.3 is 5.69 Å². The quantitative estimate of drug-likeness (QED) is 0.561. The molecule has 0 unspecified atom stereocenters. The number of aromatic nitrogens is 4. The Balaban J connectivity index is 1.25. The van der Waals surface area contributed by atoms with Gasteiger partial charge in [-0.1, -0.05) is 12.1 Å². The molecular weight excluding hydrogens is 469 g/mol. The second-order valence-electron chi connectivity index (χ2n) is 9.91. The molecule has 1 aromatic carbocycles. The van der Waals surface area contributed by atoms with Crippen LogP contribution in [-0.4, -0.2) is 65.9 Å². The molecule has 3 aromatic rings. The summed E-state index contributed by atoms with van der Waals surface area (Å²) < 4.78 is 22.9. The van der Waals surface area contributed by atoms with Crippen molar-refractivity contribution >= 4 is 5.91 Å². The van der Waals surface area contributed by atoms with E-state index in [0.29, 0.717) is 38.0 Å². The van der Waals surface area contributed by atoms with E-state index in [9.17, 15) is 23.9 Å². The van der Waals surface area contributed by atoms with E-state index in [2.05, 4.69) is 4.98 Å². The Morgan fingerprint density at radius 3 is 2.78 bits per heavy atom. The number of benzene rings is 1. The first kappa shape index (κ1) is 24.1. The lowest BCUT2D eigenvalue weighted by molar-refractivity contribution is -0.195. The van der Waals surface area contributed by atoms with Crippen molar-refractivity contribution in [1.82, 2.24) is 24.0 Å². The second kappa shape index (κ2) is 9.14. The number of ether oxygens (including phenoxy) is 1. The van der Waals surface area contributed by atoms with E-state index in [1.165, 1.54) is 0 Å². The van der Waals surface area contributed by atoms with Crippen LogP contribution in [0.3, 0.4) is 0 Å². The van der Waals surface area contributed by atoms with Gasteiger partial charge in [0.05, 0.1) is 36.4 Å². The van der Waals surface area contributed by atoms with Crippen molar-refractivity contribution in [3.05, 3.63) is 87.0 Å². The molecule has 1 amide bonds. The summed E-state index contributed by atoms with van der Waals surface area (Å²) in [5.74, 6) is -1.17. The first-order valence-electron chi connectivity index (χ1n) is 11.9. The van der Waals surface area contributed by atoms with Crippen molar-refractivity contribution in [1.29, 1.82) is 0 Å². The van der Waals surface area contributed by atoms with Crippen LogP contribution in [0.2, 0.25) is 0 Å². The minimum Gasteiger partial charge on any atom is -0.388 e. The van der Waals surface area contributed by atoms with Crippen molar-refractivity contribution < 1.29 is 19.0 Å². The third-order valence-corrected chi connectivity index (χ3v) is 7.27. The van der Waals surface area contributed by atoms with Crippen LogP contribution in [0.25, 0.3) is 0 Å². The van der Waals surface area contributed by atoms with Crippen LogP contribution in [0.5, 0.6) is 0 Å². The molecule has 5 rings (SSSR count). The van der Waals surface area contributed by atoms with E-state index in [1.807, 2.05) is 33.9 Å². The van der Waals surface area contributed by atoms with E-state index in [1.54, 1.807) is 30.4 Å². The maximum absolute atomic E-state index is 13.8. The molecule has 190 valence electrons. The van der Waals surface area contributed by atoms with E-state index >= 15 is 0 Å². The van der Waals surface area contributed by atoms with Gasteiger partial charge in [-0.05, 0) is 37.5 Å². The lowest BCUT2D eigenvalue weighted by Crippen LogP contribution is -2.59. The molecule has 2 aliphatic rings. The molecule has 4 heterocycles. The van der Waals surface area contributed by atoms with Gasteiger partial charge in [0.15, 0.2) is 0 Å². The van der Waals surface area contributed by atoms with Crippen molar-refractivity contribution in [2.75, 3.05) is 19.7 Å². The van der Waals surface area contributed by atoms with Crippen LogP contribution in [0, 0.1) is 5.82 Å². The number of amides is 1. The maximum atomic E-state index is 13.8. The third-order valence-electron chi connectivity index (χ3n) is 7.27. The fourth-order valence-corrected chi connectivity index (χ4v) is 5.34. The van der Waals surface area contributed by atoms with E-state index in [0.717, 1.165) is 16.3 Å². The van der Waals surface area contributed by atoms with Crippen LogP contribution in [-0.2, 0) is 11.3 Å².